The number of hydrogen-bond acceptors (Lipinski definition) is 5. The van der Waals surface area contributed by atoms with Gasteiger partial charge in [0.1, 0.15) is 10.5 Å². The molecule has 5 heteroatoms. The van der Waals surface area contributed by atoms with Crippen LogP contribution in [0.2, 0.25) is 0 Å². The number of para-hydroxylation sites is 1. The molecule has 0 atom stereocenters. The smallest absolute Gasteiger partial charge is 0.179 e. The third kappa shape index (κ3) is 2.12. The van der Waals surface area contributed by atoms with Crippen molar-refractivity contribution in [1.29, 1.82) is 0 Å². The molecule has 0 fully saturated rings. The average Bonchev–Trinajstić information content (AvgIpc) is 2.41. The minimum atomic E-state index is 0.650. The Hall–Kier alpha value is -2.14. The van der Waals surface area contributed by atoms with Crippen LogP contribution in [0.5, 0.6) is 0 Å². The minimum absolute atomic E-state index is 0.650. The van der Waals surface area contributed by atoms with Gasteiger partial charge in [0.15, 0.2) is 5.65 Å². The van der Waals surface area contributed by atoms with Gasteiger partial charge in [-0.05, 0) is 24.3 Å². The summed E-state index contributed by atoms with van der Waals surface area (Å²) in [4.78, 5) is 13.8. The molecule has 3 rings (SSSR count). The summed E-state index contributed by atoms with van der Waals surface area (Å²) >= 11 is 1.53. The van der Waals surface area contributed by atoms with Crippen LogP contribution in [0.15, 0.2) is 58.7 Å². The molecular weight excluding hydrogens is 244 g/mol. The Labute approximate surface area is 108 Å². The normalized spacial score (nSPS) is 10.7. The standard InChI is InChI=1S/C13H10N4S/c14-9-3-1-2-4-11(9)18-12-6-5-10-13(17-12)16-8-7-15-10/h1-8H,14H2. The second-order valence-electron chi connectivity index (χ2n) is 3.69. The number of fused-ring (bicyclic) bond motifs is 1. The molecule has 0 aliphatic rings. The van der Waals surface area contributed by atoms with Crippen molar-refractivity contribution in [1.82, 2.24) is 15.0 Å². The van der Waals surface area contributed by atoms with E-state index in [1.54, 1.807) is 12.4 Å². The van der Waals surface area contributed by atoms with Gasteiger partial charge in [0.05, 0.1) is 0 Å². The molecule has 0 bridgehead atoms. The number of hydrogen-bond donors (Lipinski definition) is 1. The molecule has 0 radical (unpaired) electrons. The summed E-state index contributed by atoms with van der Waals surface area (Å²) in [7, 11) is 0. The maximum atomic E-state index is 5.90. The van der Waals surface area contributed by atoms with Crippen LogP contribution in [-0.2, 0) is 0 Å². The van der Waals surface area contributed by atoms with Crippen LogP contribution in [0.4, 0.5) is 5.69 Å². The highest BCUT2D eigenvalue weighted by Gasteiger charge is 2.04. The zero-order valence-electron chi connectivity index (χ0n) is 9.45. The van der Waals surface area contributed by atoms with Crippen molar-refractivity contribution >= 4 is 28.6 Å². The van der Waals surface area contributed by atoms with E-state index in [0.29, 0.717) is 5.65 Å². The maximum Gasteiger partial charge on any atom is 0.179 e. The lowest BCUT2D eigenvalue weighted by molar-refractivity contribution is 1.12. The molecule has 0 saturated carbocycles. The minimum Gasteiger partial charge on any atom is -0.398 e. The third-order valence-corrected chi connectivity index (χ3v) is 3.47. The monoisotopic (exact) mass is 254 g/mol. The van der Waals surface area contributed by atoms with E-state index in [4.69, 9.17) is 5.73 Å². The molecule has 0 amide bonds. The quantitative estimate of drug-likeness (QED) is 0.712. The van der Waals surface area contributed by atoms with Crippen molar-refractivity contribution < 1.29 is 0 Å². The molecule has 0 saturated heterocycles. The zero-order valence-corrected chi connectivity index (χ0v) is 10.3. The Bertz CT molecular complexity index is 699. The van der Waals surface area contributed by atoms with E-state index in [-0.39, 0.29) is 0 Å². The summed E-state index contributed by atoms with van der Waals surface area (Å²) in [5.74, 6) is 0. The van der Waals surface area contributed by atoms with E-state index < -0.39 is 0 Å². The van der Waals surface area contributed by atoms with Gasteiger partial charge < -0.3 is 5.73 Å². The first-order chi connectivity index (χ1) is 8.83. The second-order valence-corrected chi connectivity index (χ2v) is 4.75. The number of rotatable bonds is 2. The topological polar surface area (TPSA) is 64.7 Å². The van der Waals surface area contributed by atoms with Gasteiger partial charge in [0.2, 0.25) is 0 Å². The van der Waals surface area contributed by atoms with E-state index in [0.717, 1.165) is 21.1 Å². The predicted octanol–water partition coefficient (Wildman–Crippen LogP) is 2.76. The van der Waals surface area contributed by atoms with Gasteiger partial charge in [-0.3, -0.25) is 4.98 Å². The van der Waals surface area contributed by atoms with E-state index in [1.165, 1.54) is 11.8 Å². The van der Waals surface area contributed by atoms with Crippen molar-refractivity contribution in [2.75, 3.05) is 5.73 Å². The van der Waals surface area contributed by atoms with Crippen molar-refractivity contribution in [3.63, 3.8) is 0 Å². The first-order valence-electron chi connectivity index (χ1n) is 5.43. The highest BCUT2D eigenvalue weighted by Crippen LogP contribution is 2.30. The average molecular weight is 254 g/mol. The lowest BCUT2D eigenvalue weighted by Crippen LogP contribution is -1.90. The number of nitrogens with zero attached hydrogens (tertiary/aromatic N) is 3. The fourth-order valence-electron chi connectivity index (χ4n) is 1.58. The Morgan fingerprint density at radius 2 is 1.78 bits per heavy atom. The molecule has 0 spiro atoms. The number of nitrogen functional groups attached to an aromatic ring is 1. The van der Waals surface area contributed by atoms with Gasteiger partial charge in [-0.25, -0.2) is 9.97 Å². The number of anilines is 1. The molecule has 88 valence electrons. The molecule has 1 aromatic carbocycles. The molecule has 0 aliphatic carbocycles. The second kappa shape index (κ2) is 4.62. The molecule has 0 aliphatic heterocycles. The Balaban J connectivity index is 1.98. The van der Waals surface area contributed by atoms with Crippen LogP contribution in [0.25, 0.3) is 11.2 Å². The molecule has 2 N–H and O–H groups in total. The number of nitrogens with two attached hydrogens (primary N) is 1. The molecule has 18 heavy (non-hydrogen) atoms. The van der Waals surface area contributed by atoms with E-state index in [9.17, 15) is 0 Å². The van der Waals surface area contributed by atoms with Crippen molar-refractivity contribution in [2.24, 2.45) is 0 Å². The fraction of sp³-hybridized carbons (Fsp3) is 0. The van der Waals surface area contributed by atoms with Gasteiger partial charge in [-0.2, -0.15) is 0 Å². The molecule has 0 unspecified atom stereocenters. The fourth-order valence-corrected chi connectivity index (χ4v) is 2.41. The SMILES string of the molecule is Nc1ccccc1Sc1ccc2nccnc2n1. The molecule has 2 aromatic heterocycles. The first kappa shape index (κ1) is 11.0. The van der Waals surface area contributed by atoms with E-state index >= 15 is 0 Å². The van der Waals surface area contributed by atoms with Crippen LogP contribution < -0.4 is 5.73 Å². The Kier molecular flexibility index (Phi) is 2.82. The van der Waals surface area contributed by atoms with Crippen molar-refractivity contribution in [2.45, 2.75) is 9.92 Å². The van der Waals surface area contributed by atoms with Gasteiger partial charge >= 0.3 is 0 Å². The van der Waals surface area contributed by atoms with Gasteiger partial charge in [0.25, 0.3) is 0 Å². The van der Waals surface area contributed by atoms with Crippen LogP contribution in [-0.4, -0.2) is 15.0 Å². The Morgan fingerprint density at radius 3 is 2.67 bits per heavy atom. The van der Waals surface area contributed by atoms with Crippen LogP contribution >= 0.6 is 11.8 Å². The van der Waals surface area contributed by atoms with Crippen LogP contribution in [0.3, 0.4) is 0 Å². The first-order valence-corrected chi connectivity index (χ1v) is 6.25. The molecular formula is C13H10N4S. The lowest BCUT2D eigenvalue weighted by Gasteiger charge is -2.04. The summed E-state index contributed by atoms with van der Waals surface area (Å²) in [6, 6.07) is 11.6. The van der Waals surface area contributed by atoms with Gasteiger partial charge in [0, 0.05) is 23.0 Å². The summed E-state index contributed by atoms with van der Waals surface area (Å²) in [5, 5.41) is 0.862. The van der Waals surface area contributed by atoms with Gasteiger partial charge in [-0.1, -0.05) is 23.9 Å². The number of aromatic nitrogens is 3. The highest BCUT2D eigenvalue weighted by molar-refractivity contribution is 7.99. The third-order valence-electron chi connectivity index (χ3n) is 2.44. The van der Waals surface area contributed by atoms with Crippen molar-refractivity contribution in [3.8, 4) is 0 Å². The maximum absolute atomic E-state index is 5.90. The van der Waals surface area contributed by atoms with Crippen LogP contribution in [0, 0.1) is 0 Å². The lowest BCUT2D eigenvalue weighted by atomic mass is 10.3. The predicted molar refractivity (Wildman–Crippen MR) is 72.3 cm³/mol. The summed E-state index contributed by atoms with van der Waals surface area (Å²) in [5.41, 5.74) is 8.10. The largest absolute Gasteiger partial charge is 0.398 e. The molecule has 3 aromatic rings. The molecule has 2 heterocycles. The zero-order chi connectivity index (χ0) is 12.4. The van der Waals surface area contributed by atoms with Gasteiger partial charge in [-0.15, -0.1) is 0 Å². The van der Waals surface area contributed by atoms with Crippen LogP contribution in [0.1, 0.15) is 0 Å². The van der Waals surface area contributed by atoms with Crippen molar-refractivity contribution in [3.05, 3.63) is 48.8 Å². The van der Waals surface area contributed by atoms with E-state index in [1.807, 2.05) is 36.4 Å². The van der Waals surface area contributed by atoms with E-state index in [2.05, 4.69) is 15.0 Å². The Morgan fingerprint density at radius 1 is 0.944 bits per heavy atom. The summed E-state index contributed by atoms with van der Waals surface area (Å²) in [6.45, 7) is 0. The summed E-state index contributed by atoms with van der Waals surface area (Å²) in [6.07, 6.45) is 3.30. The number of pyridine rings is 1. The highest BCUT2D eigenvalue weighted by atomic mass is 32.2. The number of benzene rings is 1. The summed E-state index contributed by atoms with van der Waals surface area (Å²) < 4.78 is 0. The molecule has 4 nitrogen and oxygen atoms in total.